The highest BCUT2D eigenvalue weighted by Crippen LogP contribution is 2.17. The third-order valence-corrected chi connectivity index (χ3v) is 1.59. The van der Waals surface area contributed by atoms with E-state index in [1.807, 2.05) is 18.2 Å². The minimum Gasteiger partial charge on any atom is -0.390 e. The highest BCUT2D eigenvalue weighted by Gasteiger charge is 1.94. The van der Waals surface area contributed by atoms with Gasteiger partial charge in [-0.2, -0.15) is 0 Å². The molecule has 0 aliphatic heterocycles. The quantitative estimate of drug-likeness (QED) is 0.504. The lowest BCUT2D eigenvalue weighted by Crippen LogP contribution is -1.88. The molecule has 0 spiro atoms. The normalized spacial score (nSPS) is 10.6. The summed E-state index contributed by atoms with van der Waals surface area (Å²) in [6, 6.07) is 7.99. The Kier molecular flexibility index (Phi) is 2.66. The Bertz CT molecular complexity index is 253. The summed E-state index contributed by atoms with van der Waals surface area (Å²) in [6.45, 7) is 2.10. The second-order valence-electron chi connectivity index (χ2n) is 2.26. The Morgan fingerprint density at radius 1 is 1.45 bits per heavy atom. The summed E-state index contributed by atoms with van der Waals surface area (Å²) in [4.78, 5) is 4.03. The van der Waals surface area contributed by atoms with E-state index in [9.17, 15) is 0 Å². The average Bonchev–Trinajstić information content (AvgIpc) is 2.06. The van der Waals surface area contributed by atoms with Crippen molar-refractivity contribution in [2.45, 2.75) is 13.3 Å². The largest absolute Gasteiger partial charge is 0.390 e. The first-order valence-electron chi connectivity index (χ1n) is 3.70. The maximum atomic E-state index is 5.19. The Hall–Kier alpha value is -1.31. The molecule has 1 rings (SSSR count). The van der Waals surface area contributed by atoms with Gasteiger partial charge in [-0.1, -0.05) is 25.1 Å². The predicted octanol–water partition coefficient (Wildman–Crippen LogP) is 1.87. The fourth-order valence-corrected chi connectivity index (χ4v) is 1.02. The van der Waals surface area contributed by atoms with Gasteiger partial charge in [-0.05, 0) is 18.1 Å². The molecule has 0 unspecified atom stereocenters. The first kappa shape index (κ1) is 7.79. The number of nitrogens with two attached hydrogens (primary N) is 1. The molecule has 0 radical (unpaired) electrons. The number of hydrogen-bond donors (Lipinski definition) is 1. The monoisotopic (exact) mass is 148 g/mol. The maximum absolute atomic E-state index is 5.19. The molecule has 0 aliphatic carbocycles. The Balaban J connectivity index is 3.02. The summed E-state index contributed by atoms with van der Waals surface area (Å²) >= 11 is 0. The van der Waals surface area contributed by atoms with Crippen LogP contribution in [0, 0.1) is 0 Å². The highest BCUT2D eigenvalue weighted by atomic mass is 14.8. The van der Waals surface area contributed by atoms with E-state index in [-0.39, 0.29) is 0 Å². The van der Waals surface area contributed by atoms with Gasteiger partial charge in [0.05, 0.1) is 12.0 Å². The van der Waals surface area contributed by atoms with Crippen LogP contribution in [-0.4, -0.2) is 6.34 Å². The molecule has 0 aromatic heterocycles. The third-order valence-electron chi connectivity index (χ3n) is 1.59. The van der Waals surface area contributed by atoms with E-state index in [4.69, 9.17) is 5.73 Å². The predicted molar refractivity (Wildman–Crippen MR) is 48.2 cm³/mol. The van der Waals surface area contributed by atoms with Crippen molar-refractivity contribution in [3.05, 3.63) is 29.8 Å². The number of aliphatic imine (C=N–C) groups is 1. The van der Waals surface area contributed by atoms with Crippen LogP contribution in [0.3, 0.4) is 0 Å². The molecule has 1 aromatic rings. The van der Waals surface area contributed by atoms with Crippen molar-refractivity contribution in [2.24, 2.45) is 10.7 Å². The molecule has 0 bridgehead atoms. The van der Waals surface area contributed by atoms with Gasteiger partial charge in [0.1, 0.15) is 0 Å². The molecule has 0 heterocycles. The minimum absolute atomic E-state index is 0.970. The van der Waals surface area contributed by atoms with Crippen LogP contribution < -0.4 is 5.73 Å². The topological polar surface area (TPSA) is 38.4 Å². The van der Waals surface area contributed by atoms with E-state index in [0.717, 1.165) is 12.1 Å². The molecule has 0 fully saturated rings. The van der Waals surface area contributed by atoms with Crippen molar-refractivity contribution in [3.63, 3.8) is 0 Å². The second kappa shape index (κ2) is 3.76. The third kappa shape index (κ3) is 1.80. The van der Waals surface area contributed by atoms with E-state index in [0.29, 0.717) is 0 Å². The molecular formula is C9H12N2. The van der Waals surface area contributed by atoms with Gasteiger partial charge < -0.3 is 5.73 Å². The van der Waals surface area contributed by atoms with Gasteiger partial charge in [0.15, 0.2) is 0 Å². The van der Waals surface area contributed by atoms with Gasteiger partial charge in [0.25, 0.3) is 0 Å². The van der Waals surface area contributed by atoms with Crippen molar-refractivity contribution in [2.75, 3.05) is 0 Å². The molecule has 2 heteroatoms. The fraction of sp³-hybridized carbons (Fsp3) is 0.222. The van der Waals surface area contributed by atoms with Crippen LogP contribution in [0.5, 0.6) is 0 Å². The number of aryl methyl sites for hydroxylation is 1. The van der Waals surface area contributed by atoms with Crippen molar-refractivity contribution >= 4 is 12.0 Å². The molecule has 2 nitrogen and oxygen atoms in total. The summed E-state index contributed by atoms with van der Waals surface area (Å²) in [6.07, 6.45) is 2.32. The van der Waals surface area contributed by atoms with E-state index >= 15 is 0 Å². The van der Waals surface area contributed by atoms with E-state index < -0.39 is 0 Å². The molecule has 0 saturated heterocycles. The zero-order chi connectivity index (χ0) is 8.10. The Labute approximate surface area is 66.8 Å². The lowest BCUT2D eigenvalue weighted by molar-refractivity contribution is 1.13. The zero-order valence-corrected chi connectivity index (χ0v) is 6.62. The van der Waals surface area contributed by atoms with Crippen molar-refractivity contribution in [1.82, 2.24) is 0 Å². The highest BCUT2D eigenvalue weighted by molar-refractivity contribution is 5.61. The van der Waals surface area contributed by atoms with Gasteiger partial charge in [0.2, 0.25) is 0 Å². The minimum atomic E-state index is 0.970. The number of para-hydroxylation sites is 1. The Morgan fingerprint density at radius 3 is 2.82 bits per heavy atom. The van der Waals surface area contributed by atoms with Crippen LogP contribution in [0.2, 0.25) is 0 Å². The average molecular weight is 148 g/mol. The smallest absolute Gasteiger partial charge is 0.0860 e. The van der Waals surface area contributed by atoms with E-state index in [2.05, 4.69) is 18.0 Å². The second-order valence-corrected chi connectivity index (χ2v) is 2.26. The molecular weight excluding hydrogens is 136 g/mol. The summed E-state index contributed by atoms with van der Waals surface area (Å²) in [5, 5.41) is 0. The molecule has 0 aliphatic rings. The van der Waals surface area contributed by atoms with Gasteiger partial charge in [0, 0.05) is 0 Å². The van der Waals surface area contributed by atoms with Gasteiger partial charge >= 0.3 is 0 Å². The van der Waals surface area contributed by atoms with Gasteiger partial charge in [-0.15, -0.1) is 0 Å². The van der Waals surface area contributed by atoms with Crippen LogP contribution >= 0.6 is 0 Å². The first-order valence-corrected chi connectivity index (χ1v) is 3.70. The lowest BCUT2D eigenvalue weighted by Gasteiger charge is -1.99. The number of benzene rings is 1. The maximum Gasteiger partial charge on any atom is 0.0860 e. The number of rotatable bonds is 2. The summed E-state index contributed by atoms with van der Waals surface area (Å²) < 4.78 is 0. The van der Waals surface area contributed by atoms with E-state index in [1.165, 1.54) is 11.9 Å². The molecule has 0 atom stereocenters. The molecule has 1 aromatic carbocycles. The van der Waals surface area contributed by atoms with Gasteiger partial charge in [-0.3, -0.25) is 0 Å². The summed E-state index contributed by atoms with van der Waals surface area (Å²) in [5.41, 5.74) is 7.39. The molecule has 58 valence electrons. The molecule has 2 N–H and O–H groups in total. The lowest BCUT2D eigenvalue weighted by atomic mass is 10.1. The van der Waals surface area contributed by atoms with Gasteiger partial charge in [-0.25, -0.2) is 4.99 Å². The Morgan fingerprint density at radius 2 is 2.18 bits per heavy atom. The zero-order valence-electron chi connectivity index (χ0n) is 6.62. The first-order chi connectivity index (χ1) is 5.38. The number of hydrogen-bond acceptors (Lipinski definition) is 1. The van der Waals surface area contributed by atoms with Crippen molar-refractivity contribution in [1.29, 1.82) is 0 Å². The van der Waals surface area contributed by atoms with Crippen molar-refractivity contribution < 1.29 is 0 Å². The van der Waals surface area contributed by atoms with Crippen LogP contribution in [0.15, 0.2) is 29.3 Å². The van der Waals surface area contributed by atoms with Crippen LogP contribution in [0.25, 0.3) is 0 Å². The fourth-order valence-electron chi connectivity index (χ4n) is 1.02. The summed E-state index contributed by atoms with van der Waals surface area (Å²) in [5.74, 6) is 0. The SMILES string of the molecule is CCc1ccccc1N=CN. The van der Waals surface area contributed by atoms with Crippen LogP contribution in [-0.2, 0) is 6.42 Å². The van der Waals surface area contributed by atoms with Crippen LogP contribution in [0.4, 0.5) is 5.69 Å². The summed E-state index contributed by atoms with van der Waals surface area (Å²) in [7, 11) is 0. The molecule has 0 saturated carbocycles. The molecule has 11 heavy (non-hydrogen) atoms. The standard InChI is InChI=1S/C9H12N2/c1-2-8-5-3-4-6-9(8)11-7-10/h3-7H,2H2,1H3,(H2,10,11). The molecule has 0 amide bonds. The number of nitrogens with zero attached hydrogens (tertiary/aromatic N) is 1. The van der Waals surface area contributed by atoms with Crippen LogP contribution in [0.1, 0.15) is 12.5 Å². The van der Waals surface area contributed by atoms with Crippen molar-refractivity contribution in [3.8, 4) is 0 Å². The van der Waals surface area contributed by atoms with E-state index in [1.54, 1.807) is 0 Å².